The zero-order valence-electron chi connectivity index (χ0n) is 11.0. The van der Waals surface area contributed by atoms with Crippen molar-refractivity contribution in [3.8, 4) is 0 Å². The third-order valence-corrected chi connectivity index (χ3v) is 3.19. The van der Waals surface area contributed by atoms with Crippen molar-refractivity contribution in [2.24, 2.45) is 0 Å². The topological polar surface area (TPSA) is 20.2 Å². The highest BCUT2D eigenvalue weighted by atomic mass is 16.3. The summed E-state index contributed by atoms with van der Waals surface area (Å²) < 4.78 is 0. The first-order valence-electron chi connectivity index (χ1n) is 6.56. The maximum absolute atomic E-state index is 9.58. The standard InChI is InChI=1S/C13H18O.C2H6/c1-3-9-5-11-7-13(14)8-12(11)6-10(9)4-2;1-2/h5-6,13-14H,3-4,7-8H2,1-2H3;1-2H3. The van der Waals surface area contributed by atoms with Crippen LogP contribution in [0.1, 0.15) is 49.9 Å². The number of aliphatic hydroxyl groups excluding tert-OH is 1. The lowest BCUT2D eigenvalue weighted by atomic mass is 9.97. The fourth-order valence-electron chi connectivity index (χ4n) is 2.41. The van der Waals surface area contributed by atoms with Gasteiger partial charge in [0.25, 0.3) is 0 Å². The molecule has 1 aliphatic carbocycles. The number of rotatable bonds is 2. The largest absolute Gasteiger partial charge is 0.392 e. The predicted molar refractivity (Wildman–Crippen MR) is 70.0 cm³/mol. The van der Waals surface area contributed by atoms with E-state index in [4.69, 9.17) is 0 Å². The molecule has 1 aliphatic rings. The van der Waals surface area contributed by atoms with Gasteiger partial charge in [-0.25, -0.2) is 0 Å². The van der Waals surface area contributed by atoms with E-state index in [2.05, 4.69) is 26.0 Å². The van der Waals surface area contributed by atoms with Crippen molar-refractivity contribution in [3.63, 3.8) is 0 Å². The molecule has 0 spiro atoms. The summed E-state index contributed by atoms with van der Waals surface area (Å²) in [5.41, 5.74) is 5.65. The van der Waals surface area contributed by atoms with Crippen molar-refractivity contribution < 1.29 is 5.11 Å². The Balaban J connectivity index is 0.000000606. The van der Waals surface area contributed by atoms with E-state index in [0.29, 0.717) is 0 Å². The van der Waals surface area contributed by atoms with Gasteiger partial charge in [0.1, 0.15) is 0 Å². The van der Waals surface area contributed by atoms with Gasteiger partial charge in [-0.05, 0) is 47.9 Å². The molecule has 1 nitrogen and oxygen atoms in total. The quantitative estimate of drug-likeness (QED) is 0.811. The summed E-state index contributed by atoms with van der Waals surface area (Å²) in [4.78, 5) is 0. The van der Waals surface area contributed by atoms with E-state index in [0.717, 1.165) is 25.7 Å². The zero-order valence-corrected chi connectivity index (χ0v) is 11.0. The minimum atomic E-state index is -0.137. The molecule has 16 heavy (non-hydrogen) atoms. The van der Waals surface area contributed by atoms with Crippen LogP contribution in [0.3, 0.4) is 0 Å². The van der Waals surface area contributed by atoms with Crippen LogP contribution in [0, 0.1) is 0 Å². The molecule has 0 aromatic heterocycles. The molecule has 0 heterocycles. The van der Waals surface area contributed by atoms with Crippen LogP contribution in [0.15, 0.2) is 12.1 Å². The van der Waals surface area contributed by atoms with Crippen LogP contribution in [-0.2, 0) is 25.7 Å². The van der Waals surface area contributed by atoms with Crippen molar-refractivity contribution in [2.75, 3.05) is 0 Å². The van der Waals surface area contributed by atoms with Gasteiger partial charge in [0.2, 0.25) is 0 Å². The molecule has 1 heteroatoms. The Morgan fingerprint density at radius 2 is 1.38 bits per heavy atom. The second-order valence-electron chi connectivity index (χ2n) is 4.16. The van der Waals surface area contributed by atoms with Crippen LogP contribution >= 0.6 is 0 Å². The first-order chi connectivity index (χ1) is 7.74. The van der Waals surface area contributed by atoms with Gasteiger partial charge >= 0.3 is 0 Å². The Kier molecular flexibility index (Phi) is 5.01. The molecule has 0 bridgehead atoms. The third kappa shape index (κ3) is 2.65. The van der Waals surface area contributed by atoms with Gasteiger partial charge in [0, 0.05) is 0 Å². The van der Waals surface area contributed by atoms with E-state index in [-0.39, 0.29) is 6.10 Å². The van der Waals surface area contributed by atoms with Crippen LogP contribution in [0.4, 0.5) is 0 Å². The van der Waals surface area contributed by atoms with Gasteiger partial charge in [0.15, 0.2) is 0 Å². The van der Waals surface area contributed by atoms with Crippen molar-refractivity contribution in [1.82, 2.24) is 0 Å². The van der Waals surface area contributed by atoms with Gasteiger partial charge in [-0.3, -0.25) is 0 Å². The highest BCUT2D eigenvalue weighted by Gasteiger charge is 2.20. The Labute approximate surface area is 99.5 Å². The minimum Gasteiger partial charge on any atom is -0.392 e. The van der Waals surface area contributed by atoms with E-state index in [9.17, 15) is 5.11 Å². The molecular weight excluding hydrogens is 196 g/mol. The van der Waals surface area contributed by atoms with Crippen molar-refractivity contribution in [1.29, 1.82) is 0 Å². The van der Waals surface area contributed by atoms with Gasteiger partial charge < -0.3 is 5.11 Å². The molecule has 0 radical (unpaired) electrons. The number of fused-ring (bicyclic) bond motifs is 1. The molecule has 90 valence electrons. The second kappa shape index (κ2) is 6.05. The molecule has 0 aliphatic heterocycles. The number of aryl methyl sites for hydroxylation is 2. The van der Waals surface area contributed by atoms with E-state index in [1.807, 2.05) is 13.8 Å². The Bertz CT molecular complexity index is 309. The number of hydrogen-bond acceptors (Lipinski definition) is 1. The molecule has 0 saturated heterocycles. The molecule has 1 aromatic rings. The van der Waals surface area contributed by atoms with Crippen molar-refractivity contribution in [3.05, 3.63) is 34.4 Å². The molecule has 0 saturated carbocycles. The molecule has 0 atom stereocenters. The fraction of sp³-hybridized carbons (Fsp3) is 0.600. The molecule has 0 amide bonds. The summed E-state index contributed by atoms with van der Waals surface area (Å²) in [6, 6.07) is 4.59. The van der Waals surface area contributed by atoms with Gasteiger partial charge in [-0.1, -0.05) is 39.8 Å². The second-order valence-corrected chi connectivity index (χ2v) is 4.16. The number of aliphatic hydroxyl groups is 1. The highest BCUT2D eigenvalue weighted by molar-refractivity contribution is 5.41. The maximum atomic E-state index is 9.58. The summed E-state index contributed by atoms with van der Waals surface area (Å²) in [7, 11) is 0. The van der Waals surface area contributed by atoms with Crippen molar-refractivity contribution >= 4 is 0 Å². The van der Waals surface area contributed by atoms with E-state index in [1.165, 1.54) is 22.3 Å². The SMILES string of the molecule is CC.CCc1cc2c(cc1CC)CC(O)C2. The molecule has 1 N–H and O–H groups in total. The van der Waals surface area contributed by atoms with Crippen LogP contribution in [0.25, 0.3) is 0 Å². The highest BCUT2D eigenvalue weighted by Crippen LogP contribution is 2.26. The third-order valence-electron chi connectivity index (χ3n) is 3.19. The Morgan fingerprint density at radius 1 is 1.00 bits per heavy atom. The predicted octanol–water partition coefficient (Wildman–Crippen LogP) is 3.30. The summed E-state index contributed by atoms with van der Waals surface area (Å²) in [5, 5.41) is 9.58. The van der Waals surface area contributed by atoms with Gasteiger partial charge in [0.05, 0.1) is 6.10 Å². The maximum Gasteiger partial charge on any atom is 0.0621 e. The molecule has 2 rings (SSSR count). The normalized spacial score (nSPS) is 14.3. The monoisotopic (exact) mass is 220 g/mol. The summed E-state index contributed by atoms with van der Waals surface area (Å²) in [6.45, 7) is 8.40. The molecule has 1 aromatic carbocycles. The van der Waals surface area contributed by atoms with E-state index in [1.54, 1.807) is 0 Å². The lowest BCUT2D eigenvalue weighted by Gasteiger charge is -2.08. The van der Waals surface area contributed by atoms with Crippen LogP contribution in [0.5, 0.6) is 0 Å². The average Bonchev–Trinajstić information content (AvgIpc) is 2.68. The lowest BCUT2D eigenvalue weighted by Crippen LogP contribution is -2.03. The smallest absolute Gasteiger partial charge is 0.0621 e. The zero-order chi connectivity index (χ0) is 12.1. The molecule has 0 unspecified atom stereocenters. The van der Waals surface area contributed by atoms with Crippen LogP contribution in [0.2, 0.25) is 0 Å². The Morgan fingerprint density at radius 3 is 1.69 bits per heavy atom. The van der Waals surface area contributed by atoms with Gasteiger partial charge in [-0.2, -0.15) is 0 Å². The summed E-state index contributed by atoms with van der Waals surface area (Å²) >= 11 is 0. The summed E-state index contributed by atoms with van der Waals surface area (Å²) in [5.74, 6) is 0. The lowest BCUT2D eigenvalue weighted by molar-refractivity contribution is 0.187. The molecular formula is C15H24O. The van der Waals surface area contributed by atoms with E-state index >= 15 is 0 Å². The first-order valence-corrected chi connectivity index (χ1v) is 6.56. The Hall–Kier alpha value is -0.820. The average molecular weight is 220 g/mol. The fourth-order valence-corrected chi connectivity index (χ4v) is 2.41. The molecule has 0 fully saturated rings. The van der Waals surface area contributed by atoms with Crippen LogP contribution < -0.4 is 0 Å². The summed E-state index contributed by atoms with van der Waals surface area (Å²) in [6.07, 6.45) is 3.78. The minimum absolute atomic E-state index is 0.137. The number of benzene rings is 1. The van der Waals surface area contributed by atoms with Crippen molar-refractivity contribution in [2.45, 2.75) is 59.5 Å². The van der Waals surface area contributed by atoms with Gasteiger partial charge in [-0.15, -0.1) is 0 Å². The first kappa shape index (κ1) is 13.2. The number of hydrogen-bond donors (Lipinski definition) is 1. The van der Waals surface area contributed by atoms with E-state index < -0.39 is 0 Å². The van der Waals surface area contributed by atoms with Crippen LogP contribution in [-0.4, -0.2) is 11.2 Å².